The van der Waals surface area contributed by atoms with E-state index >= 15 is 0 Å². The minimum atomic E-state index is -4.24. The maximum absolute atomic E-state index is 13.8. The first-order chi connectivity index (χ1) is 18.0. The minimum Gasteiger partial charge on any atom is -0.357 e. The number of anilines is 1. The number of aryl methyl sites for hydroxylation is 1. The summed E-state index contributed by atoms with van der Waals surface area (Å²) in [6.07, 6.45) is 0.262. The van der Waals surface area contributed by atoms with Gasteiger partial charge in [0.2, 0.25) is 11.8 Å². The molecule has 3 rings (SSSR count). The van der Waals surface area contributed by atoms with Crippen LogP contribution in [-0.4, -0.2) is 44.8 Å². The summed E-state index contributed by atoms with van der Waals surface area (Å²) in [5.41, 5.74) is 1.48. The topological polar surface area (TPSA) is 86.8 Å². The van der Waals surface area contributed by atoms with Gasteiger partial charge in [0, 0.05) is 23.6 Å². The molecule has 0 aromatic heterocycles. The number of nitrogens with zero attached hydrogens (tertiary/aromatic N) is 2. The Morgan fingerprint density at radius 1 is 1.00 bits per heavy atom. The standard InChI is InChI=1S/C27H28Cl2FN3O4S/c1-4-25(27(35)31-3)32(16-19-7-8-20(28)15-24(19)29)26(34)17-33(22-11-9-21(30)10-12-22)38(36,37)23-13-5-18(2)6-14-23/h5-15,25H,4,16-17H2,1-3H3,(H,31,35). The molecule has 1 N–H and O–H groups in total. The fraction of sp³-hybridized carbons (Fsp3) is 0.259. The van der Waals surface area contributed by atoms with Crippen LogP contribution in [0.2, 0.25) is 10.0 Å². The summed E-state index contributed by atoms with van der Waals surface area (Å²) in [6.45, 7) is 2.86. The number of halogens is 3. The van der Waals surface area contributed by atoms with Crippen LogP contribution in [0.4, 0.5) is 10.1 Å². The molecule has 0 spiro atoms. The summed E-state index contributed by atoms with van der Waals surface area (Å²) in [6, 6.07) is 14.8. The Bertz CT molecular complexity index is 1400. The molecule has 1 unspecified atom stereocenters. The van der Waals surface area contributed by atoms with Crippen LogP contribution < -0.4 is 9.62 Å². The zero-order valence-electron chi connectivity index (χ0n) is 21.1. The van der Waals surface area contributed by atoms with Crippen molar-refractivity contribution >= 4 is 50.7 Å². The highest BCUT2D eigenvalue weighted by Gasteiger charge is 2.33. The maximum Gasteiger partial charge on any atom is 0.264 e. The number of nitrogens with one attached hydrogen (secondary N) is 1. The third-order valence-corrected chi connectivity index (χ3v) is 8.37. The number of hydrogen-bond acceptors (Lipinski definition) is 4. The highest BCUT2D eigenvalue weighted by Crippen LogP contribution is 2.27. The number of rotatable bonds is 10. The Kier molecular flexibility index (Phi) is 9.76. The first kappa shape index (κ1) is 29.4. The lowest BCUT2D eigenvalue weighted by atomic mass is 10.1. The molecule has 0 bridgehead atoms. The van der Waals surface area contributed by atoms with Gasteiger partial charge in [-0.25, -0.2) is 12.8 Å². The SMILES string of the molecule is CCC(C(=O)NC)N(Cc1ccc(Cl)cc1Cl)C(=O)CN(c1ccc(F)cc1)S(=O)(=O)c1ccc(C)cc1. The van der Waals surface area contributed by atoms with E-state index in [1.54, 1.807) is 31.2 Å². The molecule has 0 saturated carbocycles. The number of sulfonamides is 1. The molecule has 202 valence electrons. The molecule has 1 atom stereocenters. The molecule has 0 aliphatic rings. The van der Waals surface area contributed by atoms with Crippen LogP contribution in [0, 0.1) is 12.7 Å². The maximum atomic E-state index is 13.8. The number of carbonyl (C=O) groups is 2. The summed E-state index contributed by atoms with van der Waals surface area (Å²) in [5.74, 6) is -1.62. The van der Waals surface area contributed by atoms with E-state index in [1.807, 2.05) is 6.92 Å². The summed E-state index contributed by atoms with van der Waals surface area (Å²) in [7, 11) is -2.78. The molecule has 0 aliphatic carbocycles. The van der Waals surface area contributed by atoms with Crippen LogP contribution in [-0.2, 0) is 26.2 Å². The van der Waals surface area contributed by atoms with Crippen LogP contribution in [0.25, 0.3) is 0 Å². The third kappa shape index (κ3) is 6.83. The smallest absolute Gasteiger partial charge is 0.264 e. The van der Waals surface area contributed by atoms with Gasteiger partial charge >= 0.3 is 0 Å². The van der Waals surface area contributed by atoms with Gasteiger partial charge in [0.15, 0.2) is 0 Å². The Balaban J connectivity index is 2.07. The van der Waals surface area contributed by atoms with E-state index in [9.17, 15) is 22.4 Å². The minimum absolute atomic E-state index is 0.0362. The fourth-order valence-electron chi connectivity index (χ4n) is 3.89. The van der Waals surface area contributed by atoms with E-state index in [0.29, 0.717) is 15.6 Å². The van der Waals surface area contributed by atoms with E-state index in [4.69, 9.17) is 23.2 Å². The van der Waals surface area contributed by atoms with Gasteiger partial charge in [0.25, 0.3) is 10.0 Å². The van der Waals surface area contributed by atoms with E-state index in [-0.39, 0.29) is 23.5 Å². The molecule has 3 aromatic rings. The van der Waals surface area contributed by atoms with Gasteiger partial charge in [-0.1, -0.05) is 53.9 Å². The van der Waals surface area contributed by atoms with Crippen molar-refractivity contribution in [2.24, 2.45) is 0 Å². The summed E-state index contributed by atoms with van der Waals surface area (Å²) in [4.78, 5) is 27.8. The summed E-state index contributed by atoms with van der Waals surface area (Å²) < 4.78 is 42.0. The van der Waals surface area contributed by atoms with Crippen molar-refractivity contribution in [3.8, 4) is 0 Å². The summed E-state index contributed by atoms with van der Waals surface area (Å²) >= 11 is 12.4. The van der Waals surface area contributed by atoms with Crippen LogP contribution in [0.5, 0.6) is 0 Å². The van der Waals surface area contributed by atoms with E-state index in [0.717, 1.165) is 22.0 Å². The molecular weight excluding hydrogens is 552 g/mol. The van der Waals surface area contributed by atoms with Gasteiger partial charge in [-0.15, -0.1) is 0 Å². The van der Waals surface area contributed by atoms with Crippen molar-refractivity contribution < 1.29 is 22.4 Å². The van der Waals surface area contributed by atoms with Gasteiger partial charge in [-0.3, -0.25) is 13.9 Å². The van der Waals surface area contributed by atoms with Crippen molar-refractivity contribution in [1.82, 2.24) is 10.2 Å². The quantitative estimate of drug-likeness (QED) is 0.358. The third-order valence-electron chi connectivity index (χ3n) is 5.99. The van der Waals surface area contributed by atoms with Crippen LogP contribution in [0.1, 0.15) is 24.5 Å². The number of carbonyl (C=O) groups excluding carboxylic acids is 2. The van der Waals surface area contributed by atoms with Gasteiger partial charge in [-0.05, 0) is 67.4 Å². The predicted octanol–water partition coefficient (Wildman–Crippen LogP) is 5.19. The molecule has 0 aliphatic heterocycles. The molecule has 3 aromatic carbocycles. The second-order valence-electron chi connectivity index (χ2n) is 8.60. The van der Waals surface area contributed by atoms with E-state index in [2.05, 4.69) is 5.32 Å². The highest BCUT2D eigenvalue weighted by molar-refractivity contribution is 7.92. The lowest BCUT2D eigenvalue weighted by Gasteiger charge is -2.33. The molecular formula is C27H28Cl2FN3O4S. The molecule has 0 radical (unpaired) electrons. The zero-order valence-corrected chi connectivity index (χ0v) is 23.4. The Morgan fingerprint density at radius 2 is 1.63 bits per heavy atom. The molecule has 0 heterocycles. The van der Waals surface area contributed by atoms with E-state index in [1.165, 1.54) is 42.3 Å². The molecule has 0 fully saturated rings. The number of amides is 2. The molecule has 38 heavy (non-hydrogen) atoms. The number of benzene rings is 3. The fourth-order valence-corrected chi connectivity index (χ4v) is 5.78. The number of likely N-dealkylation sites (N-methyl/N-ethyl adjacent to an activating group) is 1. The summed E-state index contributed by atoms with van der Waals surface area (Å²) in [5, 5.41) is 3.25. The van der Waals surface area contributed by atoms with Gasteiger partial charge in [0.05, 0.1) is 10.6 Å². The molecule has 11 heteroatoms. The average molecular weight is 581 g/mol. The second kappa shape index (κ2) is 12.6. The molecule has 0 saturated heterocycles. The van der Waals surface area contributed by atoms with Gasteiger partial charge in [-0.2, -0.15) is 0 Å². The Hall–Kier alpha value is -3.14. The van der Waals surface area contributed by atoms with Crippen molar-refractivity contribution in [2.45, 2.75) is 37.8 Å². The van der Waals surface area contributed by atoms with Crippen LogP contribution >= 0.6 is 23.2 Å². The van der Waals surface area contributed by atoms with Crippen molar-refractivity contribution in [3.05, 3.63) is 93.7 Å². The first-order valence-electron chi connectivity index (χ1n) is 11.8. The highest BCUT2D eigenvalue weighted by atomic mass is 35.5. The van der Waals surface area contributed by atoms with Crippen molar-refractivity contribution in [3.63, 3.8) is 0 Å². The predicted molar refractivity (Wildman–Crippen MR) is 147 cm³/mol. The van der Waals surface area contributed by atoms with Crippen LogP contribution in [0.3, 0.4) is 0 Å². The van der Waals surface area contributed by atoms with Gasteiger partial charge < -0.3 is 10.2 Å². The van der Waals surface area contributed by atoms with Crippen LogP contribution in [0.15, 0.2) is 71.6 Å². The molecule has 7 nitrogen and oxygen atoms in total. The average Bonchev–Trinajstić information content (AvgIpc) is 2.88. The van der Waals surface area contributed by atoms with Gasteiger partial charge in [0.1, 0.15) is 18.4 Å². The second-order valence-corrected chi connectivity index (χ2v) is 11.3. The largest absolute Gasteiger partial charge is 0.357 e. The first-order valence-corrected chi connectivity index (χ1v) is 14.0. The van der Waals surface area contributed by atoms with E-state index < -0.39 is 40.2 Å². The lowest BCUT2D eigenvalue weighted by molar-refractivity contribution is -0.140. The Labute approximate surface area is 232 Å². The monoisotopic (exact) mass is 579 g/mol. The molecule has 2 amide bonds. The normalized spacial score (nSPS) is 12.1. The number of hydrogen-bond donors (Lipinski definition) is 1. The zero-order chi connectivity index (χ0) is 28.0. The van der Waals surface area contributed by atoms with Crippen molar-refractivity contribution in [2.75, 3.05) is 17.9 Å². The lowest BCUT2D eigenvalue weighted by Crippen LogP contribution is -2.51. The van der Waals surface area contributed by atoms with Crippen molar-refractivity contribution in [1.29, 1.82) is 0 Å². The Morgan fingerprint density at radius 3 is 2.18 bits per heavy atom.